The number of hydrogen-bond acceptors (Lipinski definition) is 2. The van der Waals surface area contributed by atoms with Gasteiger partial charge in [-0.1, -0.05) is 38.5 Å². The highest BCUT2D eigenvalue weighted by molar-refractivity contribution is 7.15. The first kappa shape index (κ1) is 16.3. The molecule has 1 N–H and O–H groups in total. The van der Waals surface area contributed by atoms with Crippen molar-refractivity contribution >= 4 is 11.3 Å². The Hall–Kier alpha value is -1.12. The summed E-state index contributed by atoms with van der Waals surface area (Å²) in [4.78, 5) is 2.85. The molecule has 0 radical (unpaired) electrons. The van der Waals surface area contributed by atoms with E-state index >= 15 is 0 Å². The molecule has 2 heteroatoms. The molecule has 114 valence electrons. The second kappa shape index (κ2) is 7.77. The van der Waals surface area contributed by atoms with Gasteiger partial charge in [-0.15, -0.1) is 11.3 Å². The van der Waals surface area contributed by atoms with Crippen LogP contribution in [-0.2, 0) is 0 Å². The quantitative estimate of drug-likeness (QED) is 0.674. The minimum atomic E-state index is 0.514. The van der Waals surface area contributed by atoms with E-state index in [-0.39, 0.29) is 0 Å². The Morgan fingerprint density at radius 3 is 2.48 bits per heavy atom. The zero-order valence-electron chi connectivity index (χ0n) is 13.7. The van der Waals surface area contributed by atoms with Gasteiger partial charge in [-0.25, -0.2) is 0 Å². The Kier molecular flexibility index (Phi) is 6.01. The molecule has 0 amide bonds. The van der Waals surface area contributed by atoms with Gasteiger partial charge in [-0.2, -0.15) is 0 Å². The van der Waals surface area contributed by atoms with Crippen LogP contribution in [0.2, 0.25) is 0 Å². The van der Waals surface area contributed by atoms with Crippen LogP contribution in [0.5, 0.6) is 0 Å². The van der Waals surface area contributed by atoms with Crippen LogP contribution in [0.1, 0.15) is 55.2 Å². The predicted octanol–water partition coefficient (Wildman–Crippen LogP) is 5.87. The molecule has 0 saturated heterocycles. The standard InChI is InChI=1S/C19H27NS/c1-5-7-17(20-12-6-2)19-11-10-18(21-19)16-9-8-14(3)15(4)13-16/h8-11,13,17,20H,5-7,12H2,1-4H3. The summed E-state index contributed by atoms with van der Waals surface area (Å²) >= 11 is 1.94. The van der Waals surface area contributed by atoms with E-state index in [9.17, 15) is 0 Å². The number of thiophene rings is 1. The van der Waals surface area contributed by atoms with Gasteiger partial charge in [0.05, 0.1) is 0 Å². The maximum atomic E-state index is 3.68. The molecule has 0 spiro atoms. The van der Waals surface area contributed by atoms with E-state index in [4.69, 9.17) is 0 Å². The summed E-state index contributed by atoms with van der Waals surface area (Å²) in [6, 6.07) is 11.9. The summed E-state index contributed by atoms with van der Waals surface area (Å²) in [5.41, 5.74) is 4.08. The molecule has 2 rings (SSSR count). The molecule has 0 saturated carbocycles. The summed E-state index contributed by atoms with van der Waals surface area (Å²) in [5.74, 6) is 0. The molecular weight excluding hydrogens is 274 g/mol. The van der Waals surface area contributed by atoms with Gasteiger partial charge in [0.2, 0.25) is 0 Å². The highest BCUT2D eigenvalue weighted by Gasteiger charge is 2.13. The van der Waals surface area contributed by atoms with Crippen molar-refractivity contribution in [1.29, 1.82) is 0 Å². The van der Waals surface area contributed by atoms with Crippen molar-refractivity contribution < 1.29 is 0 Å². The molecule has 1 aromatic heterocycles. The second-order valence-corrected chi connectivity index (χ2v) is 6.91. The first-order valence-electron chi connectivity index (χ1n) is 8.06. The van der Waals surface area contributed by atoms with E-state index in [1.165, 1.54) is 45.7 Å². The van der Waals surface area contributed by atoms with Gasteiger partial charge in [0.15, 0.2) is 0 Å². The van der Waals surface area contributed by atoms with Crippen LogP contribution in [0.25, 0.3) is 10.4 Å². The Balaban J connectivity index is 2.20. The fourth-order valence-corrected chi connectivity index (χ4v) is 3.66. The summed E-state index contributed by atoms with van der Waals surface area (Å²) in [5, 5.41) is 3.68. The first-order chi connectivity index (χ1) is 10.2. The molecule has 0 aliphatic heterocycles. The second-order valence-electron chi connectivity index (χ2n) is 5.80. The Morgan fingerprint density at radius 1 is 1.00 bits per heavy atom. The van der Waals surface area contributed by atoms with Crippen LogP contribution in [0, 0.1) is 13.8 Å². The zero-order chi connectivity index (χ0) is 15.2. The van der Waals surface area contributed by atoms with Crippen molar-refractivity contribution in [1.82, 2.24) is 5.32 Å². The molecule has 1 atom stereocenters. The number of aryl methyl sites for hydroxylation is 2. The molecule has 0 fully saturated rings. The average molecular weight is 301 g/mol. The molecule has 21 heavy (non-hydrogen) atoms. The fraction of sp³-hybridized carbons (Fsp3) is 0.474. The van der Waals surface area contributed by atoms with Gasteiger partial charge in [-0.3, -0.25) is 0 Å². The summed E-state index contributed by atoms with van der Waals surface area (Å²) in [6.45, 7) is 9.95. The zero-order valence-corrected chi connectivity index (χ0v) is 14.5. The smallest absolute Gasteiger partial charge is 0.0414 e. The first-order valence-corrected chi connectivity index (χ1v) is 8.88. The monoisotopic (exact) mass is 301 g/mol. The van der Waals surface area contributed by atoms with E-state index in [2.05, 4.69) is 63.3 Å². The van der Waals surface area contributed by atoms with Crippen molar-refractivity contribution in [3.8, 4) is 10.4 Å². The SMILES string of the molecule is CCCNC(CCC)c1ccc(-c2ccc(C)c(C)c2)s1. The number of hydrogen-bond donors (Lipinski definition) is 1. The van der Waals surface area contributed by atoms with Gasteiger partial charge in [0.1, 0.15) is 0 Å². The van der Waals surface area contributed by atoms with Crippen molar-refractivity contribution in [2.24, 2.45) is 0 Å². The van der Waals surface area contributed by atoms with Crippen LogP contribution in [-0.4, -0.2) is 6.54 Å². The van der Waals surface area contributed by atoms with Crippen LogP contribution in [0.15, 0.2) is 30.3 Å². The van der Waals surface area contributed by atoms with Gasteiger partial charge >= 0.3 is 0 Å². The highest BCUT2D eigenvalue weighted by atomic mass is 32.1. The maximum Gasteiger partial charge on any atom is 0.0414 e. The molecule has 1 unspecified atom stereocenters. The average Bonchev–Trinajstić information content (AvgIpc) is 2.96. The third kappa shape index (κ3) is 4.18. The molecule has 2 aromatic rings. The van der Waals surface area contributed by atoms with Gasteiger partial charge < -0.3 is 5.32 Å². The fourth-order valence-electron chi connectivity index (χ4n) is 2.54. The Bertz CT molecular complexity index is 571. The lowest BCUT2D eigenvalue weighted by molar-refractivity contribution is 0.501. The Morgan fingerprint density at radius 2 is 1.81 bits per heavy atom. The molecule has 0 bridgehead atoms. The number of benzene rings is 1. The van der Waals surface area contributed by atoms with Crippen LogP contribution in [0.3, 0.4) is 0 Å². The largest absolute Gasteiger partial charge is 0.309 e. The molecule has 1 heterocycles. The van der Waals surface area contributed by atoms with Gasteiger partial charge in [0, 0.05) is 15.8 Å². The van der Waals surface area contributed by atoms with Crippen molar-refractivity contribution in [3.63, 3.8) is 0 Å². The van der Waals surface area contributed by atoms with Gasteiger partial charge in [0.25, 0.3) is 0 Å². The molecule has 0 aliphatic rings. The van der Waals surface area contributed by atoms with E-state index in [0.29, 0.717) is 6.04 Å². The van der Waals surface area contributed by atoms with E-state index in [0.717, 1.165) is 6.54 Å². The molecule has 1 nitrogen and oxygen atoms in total. The summed E-state index contributed by atoms with van der Waals surface area (Å²) < 4.78 is 0. The maximum absolute atomic E-state index is 3.68. The highest BCUT2D eigenvalue weighted by Crippen LogP contribution is 2.33. The topological polar surface area (TPSA) is 12.0 Å². The normalized spacial score (nSPS) is 12.6. The van der Waals surface area contributed by atoms with E-state index < -0.39 is 0 Å². The predicted molar refractivity (Wildman–Crippen MR) is 95.2 cm³/mol. The molecular formula is C19H27NS. The van der Waals surface area contributed by atoms with Crippen LogP contribution in [0.4, 0.5) is 0 Å². The van der Waals surface area contributed by atoms with Gasteiger partial charge in [-0.05, 0) is 62.1 Å². The Labute approximate surface area is 133 Å². The van der Waals surface area contributed by atoms with Crippen molar-refractivity contribution in [3.05, 3.63) is 46.3 Å². The lowest BCUT2D eigenvalue weighted by Gasteiger charge is -2.16. The van der Waals surface area contributed by atoms with E-state index in [1.54, 1.807) is 0 Å². The minimum absolute atomic E-state index is 0.514. The number of rotatable bonds is 7. The lowest BCUT2D eigenvalue weighted by Crippen LogP contribution is -2.21. The van der Waals surface area contributed by atoms with Crippen molar-refractivity contribution in [2.75, 3.05) is 6.54 Å². The molecule has 0 aliphatic carbocycles. The summed E-state index contributed by atoms with van der Waals surface area (Å²) in [7, 11) is 0. The number of nitrogens with one attached hydrogen (secondary N) is 1. The van der Waals surface area contributed by atoms with Crippen molar-refractivity contribution in [2.45, 2.75) is 53.0 Å². The van der Waals surface area contributed by atoms with E-state index in [1.807, 2.05) is 11.3 Å². The van der Waals surface area contributed by atoms with Crippen LogP contribution >= 0.6 is 11.3 Å². The third-order valence-electron chi connectivity index (χ3n) is 3.98. The molecule has 1 aromatic carbocycles. The minimum Gasteiger partial charge on any atom is -0.309 e. The lowest BCUT2D eigenvalue weighted by atomic mass is 10.1. The van der Waals surface area contributed by atoms with Crippen LogP contribution < -0.4 is 5.32 Å². The summed E-state index contributed by atoms with van der Waals surface area (Å²) in [6.07, 6.45) is 3.63. The third-order valence-corrected chi connectivity index (χ3v) is 5.23.